The Morgan fingerprint density at radius 2 is 1.66 bits per heavy atom. The van der Waals surface area contributed by atoms with Crippen LogP contribution in [0.4, 0.5) is 16.2 Å². The molecule has 386 valence electrons. The van der Waals surface area contributed by atoms with Crippen LogP contribution in [-0.4, -0.2) is 106 Å². The molecule has 0 bridgehead atoms. The number of likely N-dealkylation sites (N-methyl/N-ethyl adjacent to an activating group) is 2. The number of aryl methyl sites for hydroxylation is 1. The topological polar surface area (TPSA) is 236 Å². The number of cyclic esters (lactones) is 1. The number of aromatic hydroxyl groups is 3. The maximum absolute atomic E-state index is 13.3. The third kappa shape index (κ3) is 11.0. The lowest BCUT2D eigenvalue weighted by Crippen LogP contribution is -2.42. The quantitative estimate of drug-likeness (QED) is 0.0178. The van der Waals surface area contributed by atoms with Gasteiger partial charge in [0.1, 0.15) is 53.5 Å². The first-order chi connectivity index (χ1) is 35.5. The lowest BCUT2D eigenvalue weighted by atomic mass is 9.93. The normalized spacial score (nSPS) is 14.4. The summed E-state index contributed by atoms with van der Waals surface area (Å²) in [6.07, 6.45) is 0.356. The zero-order chi connectivity index (χ0) is 53.5. The minimum absolute atomic E-state index is 0.0191. The molecule has 4 heterocycles. The SMILES string of the molecule is C=C1C2=C(C=C3c4nc5ccc(O)cc5c(CC)c4CN13)C(OC(=O)N(C)CCOCC(=O)Nc1ccc(Oc3ccc(N(C(=C)C(=O)NCC)C(=N)c4cc(C(C)C)c(O)cc4O)cc3)cc1)C(=O)OC2.CC. The van der Waals surface area contributed by atoms with Gasteiger partial charge in [-0.3, -0.25) is 19.9 Å². The van der Waals surface area contributed by atoms with Crippen LogP contribution < -0.4 is 20.3 Å². The number of hydrogen-bond acceptors (Lipinski definition) is 14. The first kappa shape index (κ1) is 53.2. The highest BCUT2D eigenvalue weighted by molar-refractivity contribution is 6.17. The van der Waals surface area contributed by atoms with Crippen molar-refractivity contribution in [1.29, 1.82) is 5.41 Å². The van der Waals surface area contributed by atoms with Gasteiger partial charge < -0.3 is 54.7 Å². The summed E-state index contributed by atoms with van der Waals surface area (Å²) >= 11 is 0. The second-order valence-electron chi connectivity index (χ2n) is 17.6. The van der Waals surface area contributed by atoms with Gasteiger partial charge in [-0.05, 0) is 109 Å². The zero-order valence-electron chi connectivity index (χ0n) is 42.5. The van der Waals surface area contributed by atoms with Crippen molar-refractivity contribution in [1.82, 2.24) is 20.1 Å². The Bertz CT molecular complexity index is 3110. The summed E-state index contributed by atoms with van der Waals surface area (Å²) in [5.41, 5.74) is 7.33. The van der Waals surface area contributed by atoms with Crippen LogP contribution in [0.1, 0.15) is 75.4 Å². The lowest BCUT2D eigenvalue weighted by molar-refractivity contribution is -0.152. The molecule has 1 aromatic heterocycles. The fraction of sp³-hybridized carbons (Fsp3) is 0.286. The molecule has 1 atom stereocenters. The fourth-order valence-corrected chi connectivity index (χ4v) is 8.72. The molecule has 0 spiro atoms. The smallest absolute Gasteiger partial charge is 0.410 e. The highest BCUT2D eigenvalue weighted by Gasteiger charge is 2.42. The molecular weight excluding hydrogens is 947 g/mol. The van der Waals surface area contributed by atoms with E-state index in [2.05, 4.69) is 23.8 Å². The zero-order valence-corrected chi connectivity index (χ0v) is 42.5. The Morgan fingerprint density at radius 1 is 0.973 bits per heavy atom. The summed E-state index contributed by atoms with van der Waals surface area (Å²) in [5, 5.41) is 46.7. The molecule has 3 aliphatic heterocycles. The number of amides is 3. The van der Waals surface area contributed by atoms with Gasteiger partial charge in [-0.25, -0.2) is 14.6 Å². The number of fused-ring (bicyclic) bond motifs is 4. The van der Waals surface area contributed by atoms with E-state index in [1.54, 1.807) is 73.7 Å². The van der Waals surface area contributed by atoms with E-state index in [-0.39, 0.29) is 66.6 Å². The maximum Gasteiger partial charge on any atom is 0.410 e. The van der Waals surface area contributed by atoms with Crippen LogP contribution >= 0.6 is 0 Å². The largest absolute Gasteiger partial charge is 0.508 e. The molecule has 0 fully saturated rings. The molecule has 3 amide bonds. The van der Waals surface area contributed by atoms with Gasteiger partial charge in [-0.1, -0.05) is 47.8 Å². The average molecular weight is 1010 g/mol. The number of benzene rings is 4. The van der Waals surface area contributed by atoms with E-state index < -0.39 is 30.0 Å². The van der Waals surface area contributed by atoms with Crippen molar-refractivity contribution in [2.45, 2.75) is 66.5 Å². The Balaban J connectivity index is 0.00000395. The molecule has 3 aliphatic rings. The second kappa shape index (κ2) is 22.8. The van der Waals surface area contributed by atoms with Crippen molar-refractivity contribution in [2.75, 3.05) is 50.2 Å². The summed E-state index contributed by atoms with van der Waals surface area (Å²) < 4.78 is 22.8. The number of nitrogens with one attached hydrogen (secondary N) is 3. The lowest BCUT2D eigenvalue weighted by Gasteiger charge is -2.35. The minimum atomic E-state index is -1.36. The molecule has 8 rings (SSSR count). The first-order valence-corrected chi connectivity index (χ1v) is 24.3. The van der Waals surface area contributed by atoms with Gasteiger partial charge in [-0.2, -0.15) is 0 Å². The van der Waals surface area contributed by atoms with Gasteiger partial charge in [0, 0.05) is 65.4 Å². The molecule has 0 saturated heterocycles. The number of nitrogens with zero attached hydrogens (tertiary/aromatic N) is 4. The number of carbonyl (C=O) groups excluding carboxylic acids is 4. The van der Waals surface area contributed by atoms with Crippen LogP contribution in [0.25, 0.3) is 16.6 Å². The number of ether oxygens (including phenoxy) is 4. The highest BCUT2D eigenvalue weighted by Crippen LogP contribution is 2.46. The van der Waals surface area contributed by atoms with Gasteiger partial charge in [-0.15, -0.1) is 0 Å². The standard InChI is InChI=1S/C54H55N7O11.C2H6/c1-8-37-39-22-34(62)14-19-44(39)58-49-42(37)26-60-30(5)43-27-70-53(67)50(40(43)24-45(49)60)72-54(68)59(7)20-21-69-28-48(65)57-32-10-15-35(16-11-32)71-36-17-12-33(13-18-36)61(31(6)52(66)56-9-2)51(55)41-23-38(29(3)4)46(63)25-47(41)64;1-2/h10-19,22-25,29,50,55,62-64H,5-6,8-9,20-21,26-28H2,1-4,7H3,(H,56,66)(H,57,65);1-2H3. The molecule has 5 aromatic rings. The summed E-state index contributed by atoms with van der Waals surface area (Å²) in [6, 6.07) is 20.9. The number of anilines is 2. The second-order valence-corrected chi connectivity index (χ2v) is 17.6. The first-order valence-electron chi connectivity index (χ1n) is 24.3. The minimum Gasteiger partial charge on any atom is -0.508 e. The summed E-state index contributed by atoms with van der Waals surface area (Å²) in [6.45, 7) is 20.3. The number of aromatic nitrogens is 1. The van der Waals surface area contributed by atoms with E-state index in [9.17, 15) is 34.5 Å². The Kier molecular flexibility index (Phi) is 16.4. The van der Waals surface area contributed by atoms with Crippen molar-refractivity contribution >= 4 is 57.7 Å². The van der Waals surface area contributed by atoms with Crippen LogP contribution in [0.2, 0.25) is 0 Å². The number of phenolic OH excluding ortho intramolecular Hbond substituents is 3. The van der Waals surface area contributed by atoms with Crippen LogP contribution in [-0.2, 0) is 41.6 Å². The number of hydrogen-bond donors (Lipinski definition) is 6. The predicted octanol–water partition coefficient (Wildman–Crippen LogP) is 8.97. The number of amidine groups is 1. The molecule has 1 unspecified atom stereocenters. The molecule has 0 aliphatic carbocycles. The van der Waals surface area contributed by atoms with E-state index in [4.69, 9.17) is 29.3 Å². The van der Waals surface area contributed by atoms with Crippen LogP contribution in [0.15, 0.2) is 121 Å². The molecule has 0 saturated carbocycles. The average Bonchev–Trinajstić information content (AvgIpc) is 3.75. The van der Waals surface area contributed by atoms with E-state index >= 15 is 0 Å². The van der Waals surface area contributed by atoms with Crippen LogP contribution in [0, 0.1) is 5.41 Å². The summed E-state index contributed by atoms with van der Waals surface area (Å²) in [5.74, 6) is -1.46. The maximum atomic E-state index is 13.3. The molecule has 0 radical (unpaired) electrons. The van der Waals surface area contributed by atoms with Crippen molar-refractivity contribution in [3.05, 3.63) is 149 Å². The molecule has 6 N–H and O–H groups in total. The summed E-state index contributed by atoms with van der Waals surface area (Å²) in [7, 11) is 1.49. The number of carbonyl (C=O) groups is 4. The summed E-state index contributed by atoms with van der Waals surface area (Å²) in [4.78, 5) is 61.7. The number of phenols is 3. The Morgan fingerprint density at radius 3 is 2.32 bits per heavy atom. The number of rotatable bonds is 16. The van der Waals surface area contributed by atoms with Crippen molar-refractivity contribution in [3.63, 3.8) is 0 Å². The van der Waals surface area contributed by atoms with Crippen molar-refractivity contribution in [2.24, 2.45) is 0 Å². The molecule has 74 heavy (non-hydrogen) atoms. The van der Waals surface area contributed by atoms with Gasteiger partial charge in [0.25, 0.3) is 5.91 Å². The Labute approximate surface area is 429 Å². The highest BCUT2D eigenvalue weighted by atomic mass is 16.6. The molecule has 4 aromatic carbocycles. The fourth-order valence-electron chi connectivity index (χ4n) is 8.72. The molecule has 18 heteroatoms. The van der Waals surface area contributed by atoms with Crippen LogP contribution in [0.3, 0.4) is 0 Å². The van der Waals surface area contributed by atoms with Gasteiger partial charge >= 0.3 is 12.1 Å². The molecule has 18 nitrogen and oxygen atoms in total. The van der Waals surface area contributed by atoms with Crippen molar-refractivity contribution in [3.8, 4) is 28.7 Å². The van der Waals surface area contributed by atoms with Gasteiger partial charge in [0.2, 0.25) is 12.0 Å². The number of esters is 1. The van der Waals surface area contributed by atoms with E-state index in [0.717, 1.165) is 33.4 Å². The predicted molar refractivity (Wildman–Crippen MR) is 281 cm³/mol. The monoisotopic (exact) mass is 1010 g/mol. The van der Waals surface area contributed by atoms with E-state index in [1.807, 2.05) is 45.6 Å². The van der Waals surface area contributed by atoms with Crippen LogP contribution in [0.5, 0.6) is 28.7 Å². The van der Waals surface area contributed by atoms with Gasteiger partial charge in [0.15, 0.2) is 0 Å². The third-order valence-corrected chi connectivity index (χ3v) is 12.5. The Hall–Kier alpha value is -8.64. The van der Waals surface area contributed by atoms with E-state index in [1.165, 1.54) is 29.0 Å². The number of pyridine rings is 1. The third-order valence-electron chi connectivity index (χ3n) is 12.5. The van der Waals surface area contributed by atoms with E-state index in [0.29, 0.717) is 64.8 Å². The molecular formula is C56H61N7O11. The van der Waals surface area contributed by atoms with Gasteiger partial charge in [0.05, 0.1) is 35.6 Å². The van der Waals surface area contributed by atoms with Crippen molar-refractivity contribution < 1.29 is 53.4 Å².